The molecule has 1 aliphatic heterocycles. The van der Waals surface area contributed by atoms with E-state index in [1.54, 1.807) is 12.2 Å². The SMILES string of the molecule is CN1NN=C(Cc2ccccc2)N1CNc1nonc1C(=O)O. The molecule has 0 atom stereocenters. The molecule has 0 spiro atoms. The van der Waals surface area contributed by atoms with E-state index in [0.29, 0.717) is 6.42 Å². The highest BCUT2D eigenvalue weighted by molar-refractivity contribution is 5.90. The monoisotopic (exact) mass is 317 g/mol. The Balaban J connectivity index is 1.67. The molecule has 10 heteroatoms. The van der Waals surface area contributed by atoms with Gasteiger partial charge in [-0.1, -0.05) is 30.3 Å². The van der Waals surface area contributed by atoms with Crippen molar-refractivity contribution in [2.75, 3.05) is 19.0 Å². The molecule has 1 aliphatic rings. The second kappa shape index (κ2) is 6.32. The van der Waals surface area contributed by atoms with Crippen LogP contribution in [0.2, 0.25) is 0 Å². The Bertz CT molecular complexity index is 715. The summed E-state index contributed by atoms with van der Waals surface area (Å²) in [5.41, 5.74) is 3.69. The van der Waals surface area contributed by atoms with E-state index in [4.69, 9.17) is 5.11 Å². The summed E-state index contributed by atoms with van der Waals surface area (Å²) in [6, 6.07) is 9.90. The summed E-state index contributed by atoms with van der Waals surface area (Å²) in [4.78, 5) is 11.0. The number of aromatic carboxylic acids is 1. The van der Waals surface area contributed by atoms with Crippen molar-refractivity contribution in [3.05, 3.63) is 41.6 Å². The first kappa shape index (κ1) is 14.8. The van der Waals surface area contributed by atoms with Crippen LogP contribution in [0.3, 0.4) is 0 Å². The fourth-order valence-corrected chi connectivity index (χ4v) is 2.12. The van der Waals surface area contributed by atoms with Gasteiger partial charge in [0.05, 0.1) is 0 Å². The number of aromatic nitrogens is 2. The van der Waals surface area contributed by atoms with Gasteiger partial charge in [-0.2, -0.15) is 0 Å². The van der Waals surface area contributed by atoms with Crippen LogP contribution in [-0.4, -0.2) is 51.1 Å². The summed E-state index contributed by atoms with van der Waals surface area (Å²) in [5, 5.41) is 26.5. The largest absolute Gasteiger partial charge is 0.476 e. The van der Waals surface area contributed by atoms with Crippen LogP contribution in [-0.2, 0) is 6.42 Å². The first-order valence-electron chi connectivity index (χ1n) is 6.82. The van der Waals surface area contributed by atoms with Crippen LogP contribution in [0.25, 0.3) is 0 Å². The van der Waals surface area contributed by atoms with E-state index in [-0.39, 0.29) is 18.2 Å². The molecule has 2 heterocycles. The topological polar surface area (TPSA) is 119 Å². The minimum absolute atomic E-state index is 0.0665. The molecule has 0 bridgehead atoms. The fraction of sp³-hybridized carbons (Fsp3) is 0.231. The number of benzene rings is 1. The average Bonchev–Trinajstić information content (AvgIpc) is 3.14. The highest BCUT2D eigenvalue weighted by atomic mass is 16.6. The lowest BCUT2D eigenvalue weighted by molar-refractivity contribution is 0.0532. The molecule has 0 aliphatic carbocycles. The maximum atomic E-state index is 11.0. The third-order valence-electron chi connectivity index (χ3n) is 3.28. The van der Waals surface area contributed by atoms with Gasteiger partial charge in [0.25, 0.3) is 0 Å². The standard InChI is InChI=1S/C13H15N7O3/c1-19-18-15-10(7-9-5-3-2-4-6-9)20(19)8-14-12-11(13(21)22)16-23-17-12/h2-6,18H,7-8H2,1H3,(H,14,17)(H,21,22). The Morgan fingerprint density at radius 3 is 2.87 bits per heavy atom. The third kappa shape index (κ3) is 3.21. The maximum Gasteiger partial charge on any atom is 0.362 e. The number of amidine groups is 1. The molecule has 0 radical (unpaired) electrons. The lowest BCUT2D eigenvalue weighted by atomic mass is 10.1. The van der Waals surface area contributed by atoms with Crippen molar-refractivity contribution in [3.63, 3.8) is 0 Å². The zero-order chi connectivity index (χ0) is 16.2. The number of rotatable bonds is 6. The number of anilines is 1. The molecule has 0 saturated carbocycles. The summed E-state index contributed by atoms with van der Waals surface area (Å²) in [5.74, 6) is -0.365. The number of carbonyl (C=O) groups is 1. The summed E-state index contributed by atoms with van der Waals surface area (Å²) in [6.45, 7) is 0.254. The van der Waals surface area contributed by atoms with E-state index in [2.05, 4.69) is 30.9 Å². The zero-order valence-electron chi connectivity index (χ0n) is 12.3. The predicted octanol–water partition coefficient (Wildman–Crippen LogP) is 0.360. The first-order valence-corrected chi connectivity index (χ1v) is 6.82. The molecule has 23 heavy (non-hydrogen) atoms. The van der Waals surface area contributed by atoms with Gasteiger partial charge in [-0.3, -0.25) is 5.01 Å². The smallest absolute Gasteiger partial charge is 0.362 e. The summed E-state index contributed by atoms with van der Waals surface area (Å²) < 4.78 is 4.45. The third-order valence-corrected chi connectivity index (χ3v) is 3.28. The van der Waals surface area contributed by atoms with Crippen molar-refractivity contribution in [3.8, 4) is 0 Å². The molecule has 0 saturated heterocycles. The van der Waals surface area contributed by atoms with Crippen molar-refractivity contribution < 1.29 is 14.5 Å². The van der Waals surface area contributed by atoms with Crippen LogP contribution >= 0.6 is 0 Å². The normalized spacial score (nSPS) is 14.5. The van der Waals surface area contributed by atoms with Crippen LogP contribution in [0.1, 0.15) is 16.1 Å². The van der Waals surface area contributed by atoms with Gasteiger partial charge in [0.1, 0.15) is 12.5 Å². The van der Waals surface area contributed by atoms with Crippen molar-refractivity contribution in [2.24, 2.45) is 5.10 Å². The average molecular weight is 317 g/mol. The van der Waals surface area contributed by atoms with E-state index in [1.807, 2.05) is 35.3 Å². The van der Waals surface area contributed by atoms with Gasteiger partial charge in [-0.05, 0) is 15.9 Å². The van der Waals surface area contributed by atoms with Crippen molar-refractivity contribution in [1.82, 2.24) is 26.0 Å². The zero-order valence-corrected chi connectivity index (χ0v) is 12.3. The Labute approximate surface area is 131 Å². The number of nitrogens with one attached hydrogen (secondary N) is 2. The molecular weight excluding hydrogens is 302 g/mol. The molecule has 1 aromatic carbocycles. The van der Waals surface area contributed by atoms with Crippen LogP contribution in [0.5, 0.6) is 0 Å². The molecule has 10 nitrogen and oxygen atoms in total. The molecule has 0 unspecified atom stereocenters. The van der Waals surface area contributed by atoms with Gasteiger partial charge < -0.3 is 10.4 Å². The van der Waals surface area contributed by atoms with Gasteiger partial charge in [0.2, 0.25) is 11.5 Å². The highest BCUT2D eigenvalue weighted by Gasteiger charge is 2.24. The molecule has 120 valence electrons. The number of hydrazone groups is 1. The second-order valence-electron chi connectivity index (χ2n) is 4.82. The Morgan fingerprint density at radius 2 is 2.13 bits per heavy atom. The van der Waals surface area contributed by atoms with E-state index >= 15 is 0 Å². The molecule has 0 fully saturated rings. The number of carboxylic acid groups (broad SMARTS) is 1. The summed E-state index contributed by atoms with van der Waals surface area (Å²) in [6.07, 6.45) is 0.628. The molecule has 1 aromatic heterocycles. The van der Waals surface area contributed by atoms with Crippen molar-refractivity contribution in [2.45, 2.75) is 6.42 Å². The lowest BCUT2D eigenvalue weighted by Crippen LogP contribution is -2.45. The van der Waals surface area contributed by atoms with Crippen LogP contribution < -0.4 is 10.9 Å². The summed E-state index contributed by atoms with van der Waals surface area (Å²) in [7, 11) is 1.79. The van der Waals surface area contributed by atoms with E-state index in [9.17, 15) is 4.79 Å². The second-order valence-corrected chi connectivity index (χ2v) is 4.82. The number of hydrogen-bond donors (Lipinski definition) is 3. The molecule has 0 amide bonds. The van der Waals surface area contributed by atoms with Gasteiger partial charge in [0, 0.05) is 13.5 Å². The first-order chi connectivity index (χ1) is 11.1. The molecular formula is C13H15N7O3. The molecule has 2 aromatic rings. The number of hydrogen-bond acceptors (Lipinski definition) is 9. The van der Waals surface area contributed by atoms with E-state index in [0.717, 1.165) is 11.4 Å². The molecule has 3 rings (SSSR count). The van der Waals surface area contributed by atoms with Crippen LogP contribution in [0.4, 0.5) is 5.82 Å². The number of nitrogens with zero attached hydrogens (tertiary/aromatic N) is 5. The summed E-state index contributed by atoms with van der Waals surface area (Å²) >= 11 is 0. The van der Waals surface area contributed by atoms with E-state index in [1.165, 1.54) is 0 Å². The van der Waals surface area contributed by atoms with Gasteiger partial charge >= 0.3 is 5.97 Å². The minimum atomic E-state index is -1.21. The Morgan fingerprint density at radius 1 is 1.35 bits per heavy atom. The van der Waals surface area contributed by atoms with Gasteiger partial charge in [-0.15, -0.1) is 10.2 Å². The molecule has 3 N–H and O–H groups in total. The van der Waals surface area contributed by atoms with Crippen molar-refractivity contribution in [1.29, 1.82) is 0 Å². The minimum Gasteiger partial charge on any atom is -0.476 e. The van der Waals surface area contributed by atoms with Gasteiger partial charge in [0.15, 0.2) is 0 Å². The predicted molar refractivity (Wildman–Crippen MR) is 80.1 cm³/mol. The Hall–Kier alpha value is -3.14. The van der Waals surface area contributed by atoms with E-state index < -0.39 is 5.97 Å². The maximum absolute atomic E-state index is 11.0. The highest BCUT2D eigenvalue weighted by Crippen LogP contribution is 2.12. The Kier molecular flexibility index (Phi) is 4.06. The lowest BCUT2D eigenvalue weighted by Gasteiger charge is -2.26. The number of carboxylic acids is 1. The van der Waals surface area contributed by atoms with Gasteiger partial charge in [-0.25, -0.2) is 15.0 Å². The van der Waals surface area contributed by atoms with Crippen molar-refractivity contribution >= 4 is 17.6 Å². The van der Waals surface area contributed by atoms with Crippen LogP contribution in [0, 0.1) is 0 Å². The quantitative estimate of drug-likeness (QED) is 0.693. The fourth-order valence-electron chi connectivity index (χ4n) is 2.12. The number of hydrazine groups is 2. The van der Waals surface area contributed by atoms with Crippen LogP contribution in [0.15, 0.2) is 40.1 Å².